The molecule has 4 aromatic rings. The molecular formula is C24H16F6N2O7S. The molecular weight excluding hydrogens is 574 g/mol. The Hall–Kier alpha value is -4.18. The fourth-order valence-corrected chi connectivity index (χ4v) is 5.31. The second kappa shape index (κ2) is 9.78. The maximum atomic E-state index is 13.3. The molecule has 0 bridgehead atoms. The maximum Gasteiger partial charge on any atom is 0.573 e. The Labute approximate surface area is 222 Å². The van der Waals surface area contributed by atoms with Crippen LogP contribution in [0.2, 0.25) is 0 Å². The standard InChI is InChI=1S/C24H16F6N2O7S/c1-10-18-20(34)31-22(35)32(8-17(33)23(25,26)27)21(18)40-19(10)11-2-4-14(16(6-11)39-24(28,29)30)38-12-3-5-13-15(7-12)37-9-36-13/h2-7,17,33H,8-9H2,1H3,(H,31,34,35)/t17-/m1/s1. The van der Waals surface area contributed by atoms with E-state index in [1.165, 1.54) is 37.3 Å². The van der Waals surface area contributed by atoms with Gasteiger partial charge in [-0.1, -0.05) is 0 Å². The summed E-state index contributed by atoms with van der Waals surface area (Å²) in [5, 5.41) is 9.35. The van der Waals surface area contributed by atoms with Crippen molar-refractivity contribution in [3.05, 3.63) is 62.8 Å². The van der Waals surface area contributed by atoms with Gasteiger partial charge in [0.05, 0.1) is 11.9 Å². The molecule has 0 aliphatic carbocycles. The van der Waals surface area contributed by atoms with Gasteiger partial charge < -0.3 is 24.1 Å². The summed E-state index contributed by atoms with van der Waals surface area (Å²) in [5.74, 6) is -0.230. The lowest BCUT2D eigenvalue weighted by Gasteiger charge is -2.16. The number of nitrogens with one attached hydrogen (secondary N) is 1. The van der Waals surface area contributed by atoms with Gasteiger partial charge in [-0.15, -0.1) is 24.5 Å². The van der Waals surface area contributed by atoms with Crippen LogP contribution in [0, 0.1) is 6.92 Å². The fourth-order valence-electron chi connectivity index (χ4n) is 4.00. The van der Waals surface area contributed by atoms with Gasteiger partial charge in [-0.2, -0.15) is 13.2 Å². The number of aliphatic hydroxyl groups is 1. The van der Waals surface area contributed by atoms with Gasteiger partial charge in [0, 0.05) is 10.9 Å². The number of nitrogens with zero attached hydrogens (tertiary/aromatic N) is 1. The molecule has 3 heterocycles. The third-order valence-corrected chi connectivity index (χ3v) is 7.17. The molecule has 0 saturated carbocycles. The highest BCUT2D eigenvalue weighted by atomic mass is 32.1. The first-order valence-corrected chi connectivity index (χ1v) is 12.0. The van der Waals surface area contributed by atoms with E-state index in [0.29, 0.717) is 27.4 Å². The molecule has 2 aromatic heterocycles. The van der Waals surface area contributed by atoms with Crippen LogP contribution in [0.1, 0.15) is 5.56 Å². The number of rotatable bonds is 6. The van der Waals surface area contributed by atoms with Gasteiger partial charge in [-0.3, -0.25) is 14.3 Å². The Kier molecular flexibility index (Phi) is 6.70. The molecule has 1 aliphatic heterocycles. The summed E-state index contributed by atoms with van der Waals surface area (Å²) < 4.78 is 99.5. The van der Waals surface area contributed by atoms with Crippen molar-refractivity contribution in [3.8, 4) is 39.2 Å². The van der Waals surface area contributed by atoms with Crippen LogP contribution in [0.25, 0.3) is 20.7 Å². The number of hydrogen-bond acceptors (Lipinski definition) is 8. The number of aromatic nitrogens is 2. The van der Waals surface area contributed by atoms with E-state index in [-0.39, 0.29) is 44.5 Å². The molecule has 0 radical (unpaired) electrons. The number of aliphatic hydroxyl groups excluding tert-OH is 1. The van der Waals surface area contributed by atoms with Gasteiger partial charge in [0.1, 0.15) is 10.6 Å². The number of aromatic amines is 1. The molecule has 1 aliphatic rings. The third kappa shape index (κ3) is 5.31. The summed E-state index contributed by atoms with van der Waals surface area (Å²) >= 11 is 0.691. The lowest BCUT2D eigenvalue weighted by Crippen LogP contribution is -2.38. The number of alkyl halides is 6. The number of benzene rings is 2. The minimum absolute atomic E-state index is 0.0315. The zero-order valence-electron chi connectivity index (χ0n) is 20.0. The molecule has 0 unspecified atom stereocenters. The van der Waals surface area contributed by atoms with Gasteiger partial charge >= 0.3 is 18.2 Å². The molecule has 0 spiro atoms. The molecule has 40 heavy (non-hydrogen) atoms. The smallest absolute Gasteiger partial charge is 0.454 e. The van der Waals surface area contributed by atoms with E-state index >= 15 is 0 Å². The number of fused-ring (bicyclic) bond motifs is 2. The van der Waals surface area contributed by atoms with E-state index in [1.54, 1.807) is 0 Å². The van der Waals surface area contributed by atoms with E-state index in [1.807, 2.05) is 4.98 Å². The molecule has 2 aromatic carbocycles. The topological polar surface area (TPSA) is 112 Å². The van der Waals surface area contributed by atoms with Crippen molar-refractivity contribution in [3.63, 3.8) is 0 Å². The van der Waals surface area contributed by atoms with Gasteiger partial charge in [0.15, 0.2) is 29.1 Å². The van der Waals surface area contributed by atoms with Crippen LogP contribution in [0.3, 0.4) is 0 Å². The number of aryl methyl sites for hydroxylation is 1. The molecule has 1 atom stereocenters. The SMILES string of the molecule is Cc1c(-c2ccc(Oc3ccc4c(c3)OCO4)c(OC(F)(F)F)c2)sc2c1c(=O)[nH]c(=O)n2C[C@@H](O)C(F)(F)F. The van der Waals surface area contributed by atoms with E-state index < -0.39 is 42.2 Å². The number of halogens is 6. The molecule has 16 heteroatoms. The lowest BCUT2D eigenvalue weighted by molar-refractivity contribution is -0.275. The van der Waals surface area contributed by atoms with Gasteiger partial charge in [-0.25, -0.2) is 4.79 Å². The highest BCUT2D eigenvalue weighted by Gasteiger charge is 2.39. The molecule has 9 nitrogen and oxygen atoms in total. The average Bonchev–Trinajstić information content (AvgIpc) is 3.45. The Morgan fingerprint density at radius 3 is 2.48 bits per heavy atom. The zero-order chi connectivity index (χ0) is 29.0. The van der Waals surface area contributed by atoms with Crippen molar-refractivity contribution in [2.45, 2.75) is 32.1 Å². The second-order valence-electron chi connectivity index (χ2n) is 8.49. The van der Waals surface area contributed by atoms with E-state index in [0.717, 1.165) is 6.07 Å². The number of thiophene rings is 1. The predicted octanol–water partition coefficient (Wildman–Crippen LogP) is 5.07. The van der Waals surface area contributed by atoms with Crippen LogP contribution in [-0.2, 0) is 6.54 Å². The van der Waals surface area contributed by atoms with Crippen LogP contribution >= 0.6 is 11.3 Å². The number of H-pyrrole nitrogens is 1. The average molecular weight is 590 g/mol. The van der Waals surface area contributed by atoms with Crippen molar-refractivity contribution in [1.29, 1.82) is 0 Å². The summed E-state index contributed by atoms with van der Waals surface area (Å²) in [7, 11) is 0. The van der Waals surface area contributed by atoms with Crippen molar-refractivity contribution in [2.24, 2.45) is 0 Å². The largest absolute Gasteiger partial charge is 0.573 e. The highest BCUT2D eigenvalue weighted by Crippen LogP contribution is 2.44. The van der Waals surface area contributed by atoms with Gasteiger partial charge in [0.2, 0.25) is 6.79 Å². The molecule has 0 saturated heterocycles. The van der Waals surface area contributed by atoms with Crippen molar-refractivity contribution >= 4 is 21.6 Å². The Bertz CT molecular complexity index is 1720. The quantitative estimate of drug-likeness (QED) is 0.302. The zero-order valence-corrected chi connectivity index (χ0v) is 20.8. The van der Waals surface area contributed by atoms with Gasteiger partial charge in [-0.05, 0) is 48.4 Å². The van der Waals surface area contributed by atoms with Crippen LogP contribution in [0.4, 0.5) is 26.3 Å². The number of hydrogen-bond donors (Lipinski definition) is 2. The molecule has 0 amide bonds. The monoisotopic (exact) mass is 590 g/mol. The highest BCUT2D eigenvalue weighted by molar-refractivity contribution is 7.22. The fraction of sp³-hybridized carbons (Fsp3) is 0.250. The minimum atomic E-state index is -5.12. The third-order valence-electron chi connectivity index (χ3n) is 5.80. The Morgan fingerprint density at radius 2 is 1.77 bits per heavy atom. The first kappa shape index (κ1) is 27.4. The Balaban J connectivity index is 1.59. The summed E-state index contributed by atoms with van der Waals surface area (Å²) in [4.78, 5) is 26.7. The molecule has 2 N–H and O–H groups in total. The maximum absolute atomic E-state index is 13.3. The van der Waals surface area contributed by atoms with E-state index in [2.05, 4.69) is 4.74 Å². The van der Waals surface area contributed by atoms with Crippen LogP contribution < -0.4 is 30.2 Å². The minimum Gasteiger partial charge on any atom is -0.454 e. The summed E-state index contributed by atoms with van der Waals surface area (Å²) in [5.41, 5.74) is -1.83. The molecule has 5 rings (SSSR count). The molecule has 0 fully saturated rings. The summed E-state index contributed by atoms with van der Waals surface area (Å²) in [6.07, 6.45) is -13.1. The lowest BCUT2D eigenvalue weighted by atomic mass is 10.1. The Morgan fingerprint density at radius 1 is 1.05 bits per heavy atom. The van der Waals surface area contributed by atoms with Gasteiger partial charge in [0.25, 0.3) is 5.56 Å². The van der Waals surface area contributed by atoms with Crippen molar-refractivity contribution < 1.29 is 50.4 Å². The van der Waals surface area contributed by atoms with Crippen molar-refractivity contribution in [1.82, 2.24) is 9.55 Å². The summed E-state index contributed by atoms with van der Waals surface area (Å²) in [6, 6.07) is 7.86. The first-order chi connectivity index (χ1) is 18.7. The normalized spacial score (nSPS) is 14.0. The van der Waals surface area contributed by atoms with Crippen LogP contribution in [-0.4, -0.2) is 40.1 Å². The summed E-state index contributed by atoms with van der Waals surface area (Å²) in [6.45, 7) is 0.176. The first-order valence-electron chi connectivity index (χ1n) is 11.2. The predicted molar refractivity (Wildman–Crippen MR) is 128 cm³/mol. The van der Waals surface area contributed by atoms with Crippen molar-refractivity contribution in [2.75, 3.05) is 6.79 Å². The molecule has 212 valence electrons. The van der Waals surface area contributed by atoms with E-state index in [4.69, 9.17) is 14.2 Å². The second-order valence-corrected chi connectivity index (χ2v) is 9.49. The van der Waals surface area contributed by atoms with Crippen LogP contribution in [0.15, 0.2) is 46.0 Å². The number of ether oxygens (including phenoxy) is 4. The van der Waals surface area contributed by atoms with Crippen LogP contribution in [0.5, 0.6) is 28.7 Å². The van der Waals surface area contributed by atoms with E-state index in [9.17, 15) is 41.0 Å².